The molecule has 0 amide bonds. The molecule has 2 heterocycles. The number of rotatable bonds is 3. The van der Waals surface area contributed by atoms with Crippen LogP contribution in [-0.4, -0.2) is 21.4 Å². The zero-order valence-electron chi connectivity index (χ0n) is 10.6. The van der Waals surface area contributed by atoms with Gasteiger partial charge >= 0.3 is 0 Å². The number of hydrogen-bond acceptors (Lipinski definition) is 4. The summed E-state index contributed by atoms with van der Waals surface area (Å²) >= 11 is 12.2. The third-order valence-corrected chi connectivity index (χ3v) is 3.65. The van der Waals surface area contributed by atoms with Gasteiger partial charge in [0, 0.05) is 19.4 Å². The predicted molar refractivity (Wildman–Crippen MR) is 82.3 cm³/mol. The Labute approximate surface area is 125 Å². The minimum atomic E-state index is 0.454. The van der Waals surface area contributed by atoms with E-state index in [9.17, 15) is 0 Å². The fourth-order valence-corrected chi connectivity index (χ4v) is 2.21. The Kier molecular flexibility index (Phi) is 3.38. The van der Waals surface area contributed by atoms with Crippen molar-refractivity contribution in [2.24, 2.45) is 0 Å². The number of imidazole rings is 1. The monoisotopic (exact) mass is 307 g/mol. The van der Waals surface area contributed by atoms with Crippen molar-refractivity contribution in [2.75, 3.05) is 17.7 Å². The van der Waals surface area contributed by atoms with Crippen LogP contribution in [-0.2, 0) is 0 Å². The summed E-state index contributed by atoms with van der Waals surface area (Å²) in [4.78, 5) is 8.73. The molecule has 0 atom stereocenters. The average Bonchev–Trinajstić information content (AvgIpc) is 2.92. The Morgan fingerprint density at radius 3 is 2.90 bits per heavy atom. The van der Waals surface area contributed by atoms with Crippen molar-refractivity contribution in [3.63, 3.8) is 0 Å². The zero-order chi connectivity index (χ0) is 14.1. The Morgan fingerprint density at radius 2 is 2.10 bits per heavy atom. The summed E-state index contributed by atoms with van der Waals surface area (Å²) in [6, 6.07) is 5.39. The number of aromatic nitrogens is 3. The maximum Gasteiger partial charge on any atom is 0.180 e. The van der Waals surface area contributed by atoms with E-state index in [1.807, 2.05) is 28.9 Å². The molecule has 0 saturated carbocycles. The van der Waals surface area contributed by atoms with E-state index in [4.69, 9.17) is 23.2 Å². The van der Waals surface area contributed by atoms with E-state index in [2.05, 4.69) is 20.6 Å². The Bertz CT molecular complexity index is 769. The molecule has 0 fully saturated rings. The number of benzene rings is 1. The second-order valence-corrected chi connectivity index (χ2v) is 4.89. The third kappa shape index (κ3) is 2.26. The highest BCUT2D eigenvalue weighted by molar-refractivity contribution is 6.43. The largest absolute Gasteiger partial charge is 0.372 e. The highest BCUT2D eigenvalue weighted by Gasteiger charge is 2.10. The third-order valence-electron chi connectivity index (χ3n) is 2.83. The van der Waals surface area contributed by atoms with Gasteiger partial charge in [-0.25, -0.2) is 9.97 Å². The second kappa shape index (κ2) is 5.19. The molecule has 0 spiro atoms. The molecular weight excluding hydrogens is 297 g/mol. The first kappa shape index (κ1) is 13.0. The van der Waals surface area contributed by atoms with Gasteiger partial charge in [0.25, 0.3) is 0 Å². The van der Waals surface area contributed by atoms with Gasteiger partial charge in [-0.1, -0.05) is 29.3 Å². The van der Waals surface area contributed by atoms with Crippen molar-refractivity contribution < 1.29 is 0 Å². The van der Waals surface area contributed by atoms with Gasteiger partial charge in [-0.05, 0) is 12.1 Å². The molecule has 3 aromatic rings. The number of fused-ring (bicyclic) bond motifs is 1. The van der Waals surface area contributed by atoms with Gasteiger partial charge in [-0.15, -0.1) is 0 Å². The standard InChI is InChI=1S/C13H11Cl2N5/c1-16-10-7-20-6-5-17-13(20)12(19-10)18-9-4-2-3-8(14)11(9)15/h2-7,16H,1H3,(H,18,19). The van der Waals surface area contributed by atoms with Crippen LogP contribution >= 0.6 is 23.2 Å². The van der Waals surface area contributed by atoms with Crippen LogP contribution in [0.15, 0.2) is 36.8 Å². The smallest absolute Gasteiger partial charge is 0.180 e. The molecule has 2 aromatic heterocycles. The zero-order valence-corrected chi connectivity index (χ0v) is 12.1. The van der Waals surface area contributed by atoms with E-state index in [1.54, 1.807) is 19.3 Å². The molecule has 0 saturated heterocycles. The lowest BCUT2D eigenvalue weighted by Crippen LogP contribution is -2.02. The van der Waals surface area contributed by atoms with E-state index in [0.29, 0.717) is 27.2 Å². The molecule has 0 aliphatic heterocycles. The van der Waals surface area contributed by atoms with Crippen molar-refractivity contribution in [3.8, 4) is 0 Å². The van der Waals surface area contributed by atoms with E-state index in [-0.39, 0.29) is 0 Å². The summed E-state index contributed by atoms with van der Waals surface area (Å²) in [5.74, 6) is 1.32. The Hall–Kier alpha value is -1.98. The molecule has 102 valence electrons. The molecule has 5 nitrogen and oxygen atoms in total. The molecule has 0 aliphatic rings. The Balaban J connectivity index is 2.10. The summed E-state index contributed by atoms with van der Waals surface area (Å²) in [5, 5.41) is 7.11. The molecular formula is C13H11Cl2N5. The van der Waals surface area contributed by atoms with Crippen molar-refractivity contribution in [1.82, 2.24) is 14.4 Å². The van der Waals surface area contributed by atoms with Gasteiger partial charge < -0.3 is 15.0 Å². The summed E-state index contributed by atoms with van der Waals surface area (Å²) < 4.78 is 1.87. The average molecular weight is 308 g/mol. The van der Waals surface area contributed by atoms with E-state index >= 15 is 0 Å². The van der Waals surface area contributed by atoms with Gasteiger partial charge in [0.15, 0.2) is 11.5 Å². The predicted octanol–water partition coefficient (Wildman–Crippen LogP) is 3.82. The highest BCUT2D eigenvalue weighted by Crippen LogP contribution is 2.32. The van der Waals surface area contributed by atoms with Crippen LogP contribution in [0.4, 0.5) is 17.3 Å². The molecule has 0 aliphatic carbocycles. The van der Waals surface area contributed by atoms with Crippen LogP contribution in [0.25, 0.3) is 5.65 Å². The first-order valence-corrected chi connectivity index (χ1v) is 6.67. The van der Waals surface area contributed by atoms with E-state index in [0.717, 1.165) is 5.82 Å². The normalized spacial score (nSPS) is 10.8. The summed E-state index contributed by atoms with van der Waals surface area (Å²) in [5.41, 5.74) is 1.39. The molecule has 1 aromatic carbocycles. The summed E-state index contributed by atoms with van der Waals surface area (Å²) in [6.45, 7) is 0. The van der Waals surface area contributed by atoms with Crippen LogP contribution in [0.2, 0.25) is 10.0 Å². The van der Waals surface area contributed by atoms with Crippen LogP contribution < -0.4 is 10.6 Å². The van der Waals surface area contributed by atoms with Crippen LogP contribution in [0, 0.1) is 0 Å². The number of anilines is 3. The highest BCUT2D eigenvalue weighted by atomic mass is 35.5. The minimum absolute atomic E-state index is 0.454. The molecule has 2 N–H and O–H groups in total. The lowest BCUT2D eigenvalue weighted by molar-refractivity contribution is 1.12. The van der Waals surface area contributed by atoms with Gasteiger partial charge in [0.1, 0.15) is 5.82 Å². The molecule has 3 rings (SSSR count). The SMILES string of the molecule is CNc1cn2ccnc2c(Nc2cccc(Cl)c2Cl)n1. The number of halogens is 2. The van der Waals surface area contributed by atoms with Gasteiger partial charge in [-0.2, -0.15) is 0 Å². The number of nitrogens with one attached hydrogen (secondary N) is 2. The lowest BCUT2D eigenvalue weighted by atomic mass is 10.3. The molecule has 0 unspecified atom stereocenters. The van der Waals surface area contributed by atoms with Crippen molar-refractivity contribution in [1.29, 1.82) is 0 Å². The second-order valence-electron chi connectivity index (χ2n) is 4.11. The number of nitrogens with zero attached hydrogens (tertiary/aromatic N) is 3. The summed E-state index contributed by atoms with van der Waals surface area (Å²) in [7, 11) is 1.81. The fourth-order valence-electron chi connectivity index (χ4n) is 1.86. The summed E-state index contributed by atoms with van der Waals surface area (Å²) in [6.07, 6.45) is 5.41. The lowest BCUT2D eigenvalue weighted by Gasteiger charge is -2.11. The fraction of sp³-hybridized carbons (Fsp3) is 0.0769. The van der Waals surface area contributed by atoms with Gasteiger partial charge in [0.2, 0.25) is 0 Å². The maximum atomic E-state index is 6.18. The molecule has 0 radical (unpaired) electrons. The molecule has 7 heteroatoms. The van der Waals surface area contributed by atoms with Crippen LogP contribution in [0.1, 0.15) is 0 Å². The molecule has 0 bridgehead atoms. The van der Waals surface area contributed by atoms with Crippen molar-refractivity contribution in [2.45, 2.75) is 0 Å². The first-order valence-electron chi connectivity index (χ1n) is 5.91. The topological polar surface area (TPSA) is 54.2 Å². The van der Waals surface area contributed by atoms with Crippen molar-refractivity contribution in [3.05, 3.63) is 46.8 Å². The van der Waals surface area contributed by atoms with E-state index < -0.39 is 0 Å². The van der Waals surface area contributed by atoms with Crippen molar-refractivity contribution >= 4 is 46.2 Å². The minimum Gasteiger partial charge on any atom is -0.372 e. The van der Waals surface area contributed by atoms with Gasteiger partial charge in [0.05, 0.1) is 21.9 Å². The maximum absolute atomic E-state index is 6.18. The molecule has 20 heavy (non-hydrogen) atoms. The Morgan fingerprint density at radius 1 is 1.25 bits per heavy atom. The van der Waals surface area contributed by atoms with E-state index in [1.165, 1.54) is 0 Å². The van der Waals surface area contributed by atoms with Crippen LogP contribution in [0.3, 0.4) is 0 Å². The van der Waals surface area contributed by atoms with Crippen LogP contribution in [0.5, 0.6) is 0 Å². The first-order chi connectivity index (χ1) is 9.69. The number of hydrogen-bond donors (Lipinski definition) is 2. The van der Waals surface area contributed by atoms with Gasteiger partial charge in [-0.3, -0.25) is 0 Å². The quantitative estimate of drug-likeness (QED) is 0.772.